The molecule has 1 aromatic heterocycles. The predicted molar refractivity (Wildman–Crippen MR) is 73.7 cm³/mol. The summed E-state index contributed by atoms with van der Waals surface area (Å²) < 4.78 is 1.63. The molecule has 0 unspecified atom stereocenters. The SMILES string of the molecule is Cc1nc2n(n1)[C@@H](c1ccccc1Cl)C=C(C(=O)O)N2. The normalized spacial score (nSPS) is 17.1. The largest absolute Gasteiger partial charge is 0.477 e. The lowest BCUT2D eigenvalue weighted by Crippen LogP contribution is -2.24. The monoisotopic (exact) mass is 290 g/mol. The van der Waals surface area contributed by atoms with Crippen LogP contribution in [0, 0.1) is 6.92 Å². The molecule has 102 valence electrons. The van der Waals surface area contributed by atoms with Crippen molar-refractivity contribution in [2.24, 2.45) is 0 Å². The molecule has 2 heterocycles. The van der Waals surface area contributed by atoms with Crippen LogP contribution in [0.4, 0.5) is 5.95 Å². The van der Waals surface area contributed by atoms with E-state index in [0.29, 0.717) is 16.8 Å². The van der Waals surface area contributed by atoms with Crippen molar-refractivity contribution in [3.63, 3.8) is 0 Å². The maximum Gasteiger partial charge on any atom is 0.352 e. The van der Waals surface area contributed by atoms with E-state index in [-0.39, 0.29) is 5.70 Å². The quantitative estimate of drug-likeness (QED) is 0.886. The molecule has 2 aromatic rings. The van der Waals surface area contributed by atoms with Crippen LogP contribution >= 0.6 is 11.6 Å². The van der Waals surface area contributed by atoms with Gasteiger partial charge in [-0.05, 0) is 24.6 Å². The number of carboxylic acids is 1. The molecule has 0 bridgehead atoms. The molecule has 2 N–H and O–H groups in total. The third kappa shape index (κ3) is 2.04. The summed E-state index contributed by atoms with van der Waals surface area (Å²) in [5.41, 5.74) is 0.843. The van der Waals surface area contributed by atoms with Gasteiger partial charge in [0.25, 0.3) is 0 Å². The second-order valence-electron chi connectivity index (χ2n) is 4.40. The third-order valence-corrected chi connectivity index (χ3v) is 3.37. The Labute approximate surface area is 119 Å². The minimum absolute atomic E-state index is 0.0646. The highest BCUT2D eigenvalue weighted by Crippen LogP contribution is 2.32. The highest BCUT2D eigenvalue weighted by atomic mass is 35.5. The van der Waals surface area contributed by atoms with E-state index in [4.69, 9.17) is 11.6 Å². The zero-order valence-electron chi connectivity index (χ0n) is 10.5. The van der Waals surface area contributed by atoms with Gasteiger partial charge in [0, 0.05) is 5.02 Å². The molecule has 1 aliphatic heterocycles. The molecule has 7 heteroatoms. The van der Waals surface area contributed by atoms with Crippen LogP contribution < -0.4 is 5.32 Å². The molecule has 0 saturated carbocycles. The lowest BCUT2D eigenvalue weighted by atomic mass is 10.0. The summed E-state index contributed by atoms with van der Waals surface area (Å²) in [7, 11) is 0. The first kappa shape index (κ1) is 12.7. The number of aliphatic carboxylic acids is 1. The number of carbonyl (C=O) groups is 1. The lowest BCUT2D eigenvalue weighted by molar-refractivity contribution is -0.132. The van der Waals surface area contributed by atoms with E-state index < -0.39 is 12.0 Å². The van der Waals surface area contributed by atoms with Gasteiger partial charge >= 0.3 is 5.97 Å². The van der Waals surface area contributed by atoms with Crippen LogP contribution in [-0.2, 0) is 4.79 Å². The summed E-state index contributed by atoms with van der Waals surface area (Å²) >= 11 is 6.20. The minimum Gasteiger partial charge on any atom is -0.477 e. The number of fused-ring (bicyclic) bond motifs is 1. The van der Waals surface area contributed by atoms with Gasteiger partial charge in [-0.25, -0.2) is 9.48 Å². The number of hydrogen-bond donors (Lipinski definition) is 2. The second-order valence-corrected chi connectivity index (χ2v) is 4.81. The van der Waals surface area contributed by atoms with Crippen LogP contribution in [0.3, 0.4) is 0 Å². The number of benzene rings is 1. The molecule has 0 radical (unpaired) electrons. The summed E-state index contributed by atoms with van der Waals surface area (Å²) in [4.78, 5) is 15.4. The van der Waals surface area contributed by atoms with Crippen LogP contribution in [0.15, 0.2) is 36.0 Å². The first-order valence-corrected chi connectivity index (χ1v) is 6.34. The molecular formula is C13H11ClN4O2. The molecule has 0 saturated heterocycles. The van der Waals surface area contributed by atoms with Crippen LogP contribution in [0.2, 0.25) is 5.02 Å². The molecule has 1 aliphatic rings. The maximum atomic E-state index is 11.2. The number of allylic oxidation sites excluding steroid dienone is 1. The van der Waals surface area contributed by atoms with Crippen LogP contribution in [0.5, 0.6) is 0 Å². The summed E-state index contributed by atoms with van der Waals surface area (Å²) in [6, 6.07) is 6.88. The van der Waals surface area contributed by atoms with Gasteiger partial charge in [-0.3, -0.25) is 0 Å². The summed E-state index contributed by atoms with van der Waals surface area (Å²) in [6.07, 6.45) is 1.57. The molecule has 0 aliphatic carbocycles. The van der Waals surface area contributed by atoms with Gasteiger partial charge in [0.15, 0.2) is 0 Å². The lowest BCUT2D eigenvalue weighted by Gasteiger charge is -2.23. The molecule has 1 aromatic carbocycles. The second kappa shape index (κ2) is 4.64. The number of nitrogens with one attached hydrogen (secondary N) is 1. The molecule has 20 heavy (non-hydrogen) atoms. The molecule has 6 nitrogen and oxygen atoms in total. The zero-order valence-corrected chi connectivity index (χ0v) is 11.3. The van der Waals surface area contributed by atoms with Gasteiger partial charge in [-0.2, -0.15) is 10.1 Å². The summed E-state index contributed by atoms with van der Waals surface area (Å²) in [5, 5.41) is 16.8. The number of anilines is 1. The summed E-state index contributed by atoms with van der Waals surface area (Å²) in [6.45, 7) is 1.75. The molecule has 0 spiro atoms. The highest BCUT2D eigenvalue weighted by Gasteiger charge is 2.27. The Morgan fingerprint density at radius 3 is 2.90 bits per heavy atom. The first-order chi connectivity index (χ1) is 9.56. The Morgan fingerprint density at radius 1 is 1.45 bits per heavy atom. The van der Waals surface area contributed by atoms with Crippen molar-refractivity contribution < 1.29 is 9.90 Å². The Bertz CT molecular complexity index is 723. The summed E-state index contributed by atoms with van der Waals surface area (Å²) in [5.74, 6) is -0.0918. The van der Waals surface area contributed by atoms with E-state index in [1.54, 1.807) is 23.7 Å². The van der Waals surface area contributed by atoms with E-state index in [1.165, 1.54) is 0 Å². The Morgan fingerprint density at radius 2 is 2.20 bits per heavy atom. The maximum absolute atomic E-state index is 11.2. The van der Waals surface area contributed by atoms with Gasteiger partial charge in [0.1, 0.15) is 17.6 Å². The van der Waals surface area contributed by atoms with Crippen molar-refractivity contribution in [3.05, 3.63) is 52.4 Å². The van der Waals surface area contributed by atoms with E-state index >= 15 is 0 Å². The number of halogens is 1. The molecule has 3 rings (SSSR count). The fourth-order valence-corrected chi connectivity index (χ4v) is 2.41. The molecule has 1 atom stereocenters. The Balaban J connectivity index is 2.17. The van der Waals surface area contributed by atoms with Gasteiger partial charge in [-0.1, -0.05) is 29.8 Å². The van der Waals surface area contributed by atoms with E-state index in [2.05, 4.69) is 15.4 Å². The van der Waals surface area contributed by atoms with Crippen molar-refractivity contribution in [2.45, 2.75) is 13.0 Å². The van der Waals surface area contributed by atoms with Crippen molar-refractivity contribution in [1.29, 1.82) is 0 Å². The molecule has 0 amide bonds. The first-order valence-electron chi connectivity index (χ1n) is 5.96. The van der Waals surface area contributed by atoms with Crippen LogP contribution in [0.1, 0.15) is 17.4 Å². The van der Waals surface area contributed by atoms with Crippen LogP contribution in [0.25, 0.3) is 0 Å². The highest BCUT2D eigenvalue weighted by molar-refractivity contribution is 6.31. The van der Waals surface area contributed by atoms with Crippen molar-refractivity contribution in [2.75, 3.05) is 5.32 Å². The zero-order chi connectivity index (χ0) is 14.3. The van der Waals surface area contributed by atoms with Crippen molar-refractivity contribution >= 4 is 23.5 Å². The van der Waals surface area contributed by atoms with E-state index in [0.717, 1.165) is 5.56 Å². The van der Waals surface area contributed by atoms with Crippen molar-refractivity contribution in [3.8, 4) is 0 Å². The molecular weight excluding hydrogens is 280 g/mol. The van der Waals surface area contributed by atoms with E-state index in [9.17, 15) is 9.90 Å². The predicted octanol–water partition coefficient (Wildman–Crippen LogP) is 2.22. The Hall–Kier alpha value is -2.34. The topological polar surface area (TPSA) is 80.0 Å². The van der Waals surface area contributed by atoms with Gasteiger partial charge < -0.3 is 10.4 Å². The van der Waals surface area contributed by atoms with Crippen molar-refractivity contribution in [1.82, 2.24) is 14.8 Å². The van der Waals surface area contributed by atoms with E-state index in [1.807, 2.05) is 18.2 Å². The number of nitrogens with zero attached hydrogens (tertiary/aromatic N) is 3. The number of rotatable bonds is 2. The number of carboxylic acid groups (broad SMARTS) is 1. The number of aryl methyl sites for hydroxylation is 1. The standard InChI is InChI=1S/C13H11ClN4O2/c1-7-15-13-16-10(12(19)20)6-11(18(13)17-7)8-4-2-3-5-9(8)14/h2-6,11H,1H3,(H,19,20)(H,15,16,17)/t11-/m1/s1. The fraction of sp³-hybridized carbons (Fsp3) is 0.154. The van der Waals surface area contributed by atoms with Gasteiger partial charge in [0.2, 0.25) is 5.95 Å². The average molecular weight is 291 g/mol. The van der Waals surface area contributed by atoms with Gasteiger partial charge in [0.05, 0.1) is 0 Å². The number of aromatic nitrogens is 3. The van der Waals surface area contributed by atoms with Crippen LogP contribution in [-0.4, -0.2) is 25.8 Å². The van der Waals surface area contributed by atoms with Gasteiger partial charge in [-0.15, -0.1) is 0 Å². The third-order valence-electron chi connectivity index (χ3n) is 3.03. The minimum atomic E-state index is -1.05. The smallest absolute Gasteiger partial charge is 0.352 e. The molecule has 0 fully saturated rings. The Kier molecular flexibility index (Phi) is 2.94. The fourth-order valence-electron chi connectivity index (χ4n) is 2.16. The average Bonchev–Trinajstić information content (AvgIpc) is 2.78. The number of hydrogen-bond acceptors (Lipinski definition) is 4.